The SMILES string of the molecule is COc1ccc(N2CC(=O)NC(C(=O)O)C2)cc1. The Morgan fingerprint density at radius 3 is 2.67 bits per heavy atom. The molecule has 6 nitrogen and oxygen atoms in total. The average molecular weight is 250 g/mol. The van der Waals surface area contributed by atoms with Crippen molar-refractivity contribution in [1.29, 1.82) is 0 Å². The van der Waals surface area contributed by atoms with Gasteiger partial charge >= 0.3 is 5.97 Å². The number of hydrogen-bond acceptors (Lipinski definition) is 4. The van der Waals surface area contributed by atoms with Crippen molar-refractivity contribution in [2.24, 2.45) is 0 Å². The third kappa shape index (κ3) is 2.53. The largest absolute Gasteiger partial charge is 0.497 e. The van der Waals surface area contributed by atoms with Crippen molar-refractivity contribution in [3.8, 4) is 5.75 Å². The van der Waals surface area contributed by atoms with Crippen LogP contribution in [-0.4, -0.2) is 43.2 Å². The fourth-order valence-corrected chi connectivity index (χ4v) is 1.87. The second-order valence-corrected chi connectivity index (χ2v) is 4.04. The Morgan fingerprint density at radius 2 is 2.11 bits per heavy atom. The molecule has 1 saturated heterocycles. The molecule has 0 aliphatic carbocycles. The molecule has 0 saturated carbocycles. The molecule has 96 valence electrons. The number of carbonyl (C=O) groups is 2. The lowest BCUT2D eigenvalue weighted by Crippen LogP contribution is -2.57. The Balaban J connectivity index is 2.15. The number of benzene rings is 1. The third-order valence-electron chi connectivity index (χ3n) is 2.81. The highest BCUT2D eigenvalue weighted by molar-refractivity contribution is 5.89. The maximum absolute atomic E-state index is 11.4. The van der Waals surface area contributed by atoms with Gasteiger partial charge in [-0.05, 0) is 24.3 Å². The van der Waals surface area contributed by atoms with Gasteiger partial charge in [-0.3, -0.25) is 4.79 Å². The minimum atomic E-state index is -1.03. The highest BCUT2D eigenvalue weighted by Gasteiger charge is 2.29. The molecule has 1 fully saturated rings. The van der Waals surface area contributed by atoms with E-state index in [2.05, 4.69) is 5.32 Å². The first-order valence-corrected chi connectivity index (χ1v) is 5.51. The van der Waals surface area contributed by atoms with Crippen LogP contribution in [0.2, 0.25) is 0 Å². The lowest BCUT2D eigenvalue weighted by molar-refractivity contribution is -0.142. The number of piperazine rings is 1. The summed E-state index contributed by atoms with van der Waals surface area (Å²) in [5.41, 5.74) is 0.803. The van der Waals surface area contributed by atoms with Gasteiger partial charge in [-0.15, -0.1) is 0 Å². The number of ether oxygens (including phenoxy) is 1. The molecule has 1 aliphatic heterocycles. The molecule has 1 aromatic carbocycles. The van der Waals surface area contributed by atoms with E-state index in [1.54, 1.807) is 36.3 Å². The maximum atomic E-state index is 11.4. The lowest BCUT2D eigenvalue weighted by atomic mass is 10.1. The van der Waals surface area contributed by atoms with Crippen molar-refractivity contribution >= 4 is 17.6 Å². The Hall–Kier alpha value is -2.24. The fraction of sp³-hybridized carbons (Fsp3) is 0.333. The van der Waals surface area contributed by atoms with Crippen LogP contribution in [0.3, 0.4) is 0 Å². The van der Waals surface area contributed by atoms with Crippen molar-refractivity contribution in [2.45, 2.75) is 6.04 Å². The summed E-state index contributed by atoms with van der Waals surface area (Å²) in [5.74, 6) is -0.596. The average Bonchev–Trinajstić information content (AvgIpc) is 2.38. The molecule has 1 aromatic rings. The third-order valence-corrected chi connectivity index (χ3v) is 2.81. The Labute approximate surface area is 104 Å². The van der Waals surface area contributed by atoms with Gasteiger partial charge in [0.25, 0.3) is 0 Å². The molecule has 6 heteroatoms. The highest BCUT2D eigenvalue weighted by Crippen LogP contribution is 2.20. The number of hydrogen-bond donors (Lipinski definition) is 2. The van der Waals surface area contributed by atoms with Crippen LogP contribution in [0.1, 0.15) is 0 Å². The maximum Gasteiger partial charge on any atom is 0.328 e. The van der Waals surface area contributed by atoms with E-state index in [4.69, 9.17) is 9.84 Å². The van der Waals surface area contributed by atoms with E-state index in [0.717, 1.165) is 11.4 Å². The molecule has 0 spiro atoms. The first-order chi connectivity index (χ1) is 8.60. The number of carbonyl (C=O) groups excluding carboxylic acids is 1. The van der Waals surface area contributed by atoms with Crippen molar-refractivity contribution in [1.82, 2.24) is 5.32 Å². The summed E-state index contributed by atoms with van der Waals surface area (Å²) in [5, 5.41) is 11.4. The summed E-state index contributed by atoms with van der Waals surface area (Å²) in [4.78, 5) is 24.1. The molecule has 2 rings (SSSR count). The van der Waals surface area contributed by atoms with Crippen LogP contribution in [0.15, 0.2) is 24.3 Å². The van der Waals surface area contributed by atoms with Crippen molar-refractivity contribution in [3.63, 3.8) is 0 Å². The van der Waals surface area contributed by atoms with Gasteiger partial charge in [0.1, 0.15) is 11.8 Å². The van der Waals surface area contributed by atoms with E-state index in [0.29, 0.717) is 0 Å². The summed E-state index contributed by atoms with van der Waals surface area (Å²) in [7, 11) is 1.57. The number of rotatable bonds is 3. The molecule has 0 aromatic heterocycles. The number of carboxylic acid groups (broad SMARTS) is 1. The van der Waals surface area contributed by atoms with Crippen molar-refractivity contribution in [2.75, 3.05) is 25.1 Å². The summed E-state index contributed by atoms with van der Waals surface area (Å²) < 4.78 is 5.05. The Morgan fingerprint density at radius 1 is 1.44 bits per heavy atom. The van der Waals surface area contributed by atoms with E-state index in [1.165, 1.54) is 0 Å². The molecule has 2 N–H and O–H groups in total. The molecule has 1 amide bonds. The van der Waals surface area contributed by atoms with Gasteiger partial charge in [-0.2, -0.15) is 0 Å². The van der Waals surface area contributed by atoms with Crippen LogP contribution >= 0.6 is 0 Å². The topological polar surface area (TPSA) is 78.9 Å². The zero-order chi connectivity index (χ0) is 13.1. The molecule has 1 heterocycles. The standard InChI is InChI=1S/C12H14N2O4/c1-18-9-4-2-8(3-5-9)14-6-10(12(16)17)13-11(15)7-14/h2-5,10H,6-7H2,1H3,(H,13,15)(H,16,17). The van der Waals surface area contributed by atoms with E-state index in [-0.39, 0.29) is 19.0 Å². The van der Waals surface area contributed by atoms with Crippen LogP contribution in [0.25, 0.3) is 0 Å². The van der Waals surface area contributed by atoms with Gasteiger partial charge in [0.05, 0.1) is 13.7 Å². The van der Waals surface area contributed by atoms with Crippen LogP contribution in [-0.2, 0) is 9.59 Å². The summed E-state index contributed by atoms with van der Waals surface area (Å²) in [6.07, 6.45) is 0. The van der Waals surface area contributed by atoms with Crippen LogP contribution < -0.4 is 15.0 Å². The van der Waals surface area contributed by atoms with E-state index < -0.39 is 12.0 Å². The number of nitrogens with zero attached hydrogens (tertiary/aromatic N) is 1. The van der Waals surface area contributed by atoms with Gasteiger partial charge in [-0.25, -0.2) is 4.79 Å². The van der Waals surface area contributed by atoms with Crippen LogP contribution in [0.5, 0.6) is 5.75 Å². The molecule has 1 atom stereocenters. The smallest absolute Gasteiger partial charge is 0.328 e. The number of nitrogens with one attached hydrogen (secondary N) is 1. The highest BCUT2D eigenvalue weighted by atomic mass is 16.5. The molecular formula is C12H14N2O4. The quantitative estimate of drug-likeness (QED) is 0.794. The monoisotopic (exact) mass is 250 g/mol. The van der Waals surface area contributed by atoms with E-state index in [1.807, 2.05) is 0 Å². The van der Waals surface area contributed by atoms with Gasteiger partial charge in [0, 0.05) is 12.2 Å². The van der Waals surface area contributed by atoms with Crippen LogP contribution in [0, 0.1) is 0 Å². The zero-order valence-electron chi connectivity index (χ0n) is 9.92. The minimum absolute atomic E-state index is 0.163. The normalized spacial score (nSPS) is 19.3. The van der Waals surface area contributed by atoms with Gasteiger partial charge < -0.3 is 20.1 Å². The zero-order valence-corrected chi connectivity index (χ0v) is 9.92. The second kappa shape index (κ2) is 4.95. The predicted octanol–water partition coefficient (Wildman–Crippen LogP) is 0.0846. The molecular weight excluding hydrogens is 236 g/mol. The van der Waals surface area contributed by atoms with Crippen molar-refractivity contribution in [3.05, 3.63) is 24.3 Å². The Kier molecular flexibility index (Phi) is 3.36. The van der Waals surface area contributed by atoms with Gasteiger partial charge in [0.15, 0.2) is 0 Å². The first kappa shape index (κ1) is 12.2. The molecule has 1 aliphatic rings. The molecule has 0 radical (unpaired) electrons. The fourth-order valence-electron chi connectivity index (χ4n) is 1.87. The lowest BCUT2D eigenvalue weighted by Gasteiger charge is -2.32. The van der Waals surface area contributed by atoms with E-state index >= 15 is 0 Å². The van der Waals surface area contributed by atoms with Gasteiger partial charge in [-0.1, -0.05) is 0 Å². The van der Waals surface area contributed by atoms with Gasteiger partial charge in [0.2, 0.25) is 5.91 Å². The summed E-state index contributed by atoms with van der Waals surface area (Å²) in [6, 6.07) is 6.29. The Bertz CT molecular complexity index is 458. The number of amides is 1. The van der Waals surface area contributed by atoms with E-state index in [9.17, 15) is 9.59 Å². The number of anilines is 1. The number of aliphatic carboxylic acids is 1. The number of carboxylic acids is 1. The predicted molar refractivity (Wildman–Crippen MR) is 64.8 cm³/mol. The van der Waals surface area contributed by atoms with Crippen molar-refractivity contribution < 1.29 is 19.4 Å². The molecule has 0 bridgehead atoms. The molecule has 18 heavy (non-hydrogen) atoms. The first-order valence-electron chi connectivity index (χ1n) is 5.51. The summed E-state index contributed by atoms with van der Waals surface area (Å²) >= 11 is 0. The van der Waals surface area contributed by atoms with Crippen LogP contribution in [0.4, 0.5) is 5.69 Å². The summed E-state index contributed by atoms with van der Waals surface area (Å²) in [6.45, 7) is 0.420. The minimum Gasteiger partial charge on any atom is -0.497 e. The molecule has 1 unspecified atom stereocenters. The number of methoxy groups -OCH3 is 1. The second-order valence-electron chi connectivity index (χ2n) is 4.04.